The zero-order valence-corrected chi connectivity index (χ0v) is 11.1. The number of hydrogen-bond acceptors (Lipinski definition) is 5. The van der Waals surface area contributed by atoms with Crippen molar-refractivity contribution in [3.63, 3.8) is 0 Å². The number of aryl methyl sites for hydroxylation is 1. The Kier molecular flexibility index (Phi) is 2.81. The third-order valence-electron chi connectivity index (χ3n) is 3.21. The SMILES string of the molecule is COc1cc(C)ccc1-c1nc(N)nc(C2CC2)n1. The van der Waals surface area contributed by atoms with Crippen LogP contribution in [0.15, 0.2) is 18.2 Å². The summed E-state index contributed by atoms with van der Waals surface area (Å²) in [6.07, 6.45) is 2.27. The number of nitrogens with zero attached hydrogens (tertiary/aromatic N) is 3. The number of methoxy groups -OCH3 is 1. The van der Waals surface area contributed by atoms with Gasteiger partial charge in [0.05, 0.1) is 12.7 Å². The van der Waals surface area contributed by atoms with Crippen molar-refractivity contribution in [1.82, 2.24) is 15.0 Å². The molecule has 0 atom stereocenters. The van der Waals surface area contributed by atoms with E-state index in [0.29, 0.717) is 11.7 Å². The molecule has 1 fully saturated rings. The van der Waals surface area contributed by atoms with Gasteiger partial charge >= 0.3 is 0 Å². The van der Waals surface area contributed by atoms with E-state index in [1.165, 1.54) is 0 Å². The van der Waals surface area contributed by atoms with Crippen LogP contribution in [0.25, 0.3) is 11.4 Å². The first-order valence-corrected chi connectivity index (χ1v) is 6.34. The molecule has 2 N–H and O–H groups in total. The van der Waals surface area contributed by atoms with E-state index < -0.39 is 0 Å². The van der Waals surface area contributed by atoms with Crippen LogP contribution >= 0.6 is 0 Å². The zero-order valence-electron chi connectivity index (χ0n) is 11.1. The first-order chi connectivity index (χ1) is 9.17. The summed E-state index contributed by atoms with van der Waals surface area (Å²) in [5.74, 6) is 2.86. The van der Waals surface area contributed by atoms with Crippen LogP contribution in [0.3, 0.4) is 0 Å². The minimum absolute atomic E-state index is 0.273. The minimum Gasteiger partial charge on any atom is -0.496 e. The predicted molar refractivity (Wildman–Crippen MR) is 72.9 cm³/mol. The van der Waals surface area contributed by atoms with Crippen LogP contribution in [0.1, 0.15) is 30.1 Å². The monoisotopic (exact) mass is 256 g/mol. The second kappa shape index (κ2) is 4.50. The molecule has 19 heavy (non-hydrogen) atoms. The van der Waals surface area contributed by atoms with Gasteiger partial charge in [0.1, 0.15) is 11.6 Å². The van der Waals surface area contributed by atoms with Crippen molar-refractivity contribution in [2.24, 2.45) is 0 Å². The summed E-state index contributed by atoms with van der Waals surface area (Å²) in [6.45, 7) is 2.02. The highest BCUT2D eigenvalue weighted by Gasteiger charge is 2.28. The molecule has 1 aliphatic rings. The molecule has 3 rings (SSSR count). The molecule has 0 spiro atoms. The molecule has 1 aliphatic carbocycles. The van der Waals surface area contributed by atoms with Gasteiger partial charge in [-0.3, -0.25) is 0 Å². The van der Waals surface area contributed by atoms with E-state index in [1.54, 1.807) is 7.11 Å². The lowest BCUT2D eigenvalue weighted by atomic mass is 10.1. The molecule has 0 saturated heterocycles. The maximum atomic E-state index is 5.78. The van der Waals surface area contributed by atoms with Gasteiger partial charge in [-0.05, 0) is 37.5 Å². The lowest BCUT2D eigenvalue weighted by Crippen LogP contribution is -2.04. The van der Waals surface area contributed by atoms with Crippen LogP contribution in [0.2, 0.25) is 0 Å². The van der Waals surface area contributed by atoms with Crippen molar-refractivity contribution in [1.29, 1.82) is 0 Å². The molecule has 1 aromatic heterocycles. The molecule has 98 valence electrons. The van der Waals surface area contributed by atoms with Gasteiger partial charge in [-0.2, -0.15) is 9.97 Å². The molecule has 5 heteroatoms. The Bertz CT molecular complexity index is 623. The zero-order chi connectivity index (χ0) is 13.4. The standard InChI is InChI=1S/C14H16N4O/c1-8-3-6-10(11(7-8)19-2)13-16-12(9-4-5-9)17-14(15)18-13/h3,6-7,9H,4-5H2,1-2H3,(H2,15,16,17,18). The number of aromatic nitrogens is 3. The number of nitrogens with two attached hydrogens (primary N) is 1. The molecule has 0 unspecified atom stereocenters. The predicted octanol–water partition coefficient (Wildman–Crippen LogP) is 2.32. The van der Waals surface area contributed by atoms with Crippen LogP contribution in [0.5, 0.6) is 5.75 Å². The largest absolute Gasteiger partial charge is 0.496 e. The third kappa shape index (κ3) is 2.36. The lowest BCUT2D eigenvalue weighted by molar-refractivity contribution is 0.416. The molecule has 1 aromatic carbocycles. The van der Waals surface area contributed by atoms with Crippen molar-refractivity contribution in [2.75, 3.05) is 12.8 Å². The maximum absolute atomic E-state index is 5.78. The van der Waals surface area contributed by atoms with Crippen molar-refractivity contribution in [3.05, 3.63) is 29.6 Å². The third-order valence-corrected chi connectivity index (χ3v) is 3.21. The Morgan fingerprint density at radius 3 is 2.68 bits per heavy atom. The Labute approximate surface area is 111 Å². The molecule has 0 radical (unpaired) electrons. The number of nitrogen functional groups attached to an aromatic ring is 1. The van der Waals surface area contributed by atoms with E-state index in [-0.39, 0.29) is 5.95 Å². The average molecular weight is 256 g/mol. The van der Waals surface area contributed by atoms with Gasteiger partial charge in [0.25, 0.3) is 0 Å². The van der Waals surface area contributed by atoms with Crippen LogP contribution in [0.4, 0.5) is 5.95 Å². The van der Waals surface area contributed by atoms with Crippen molar-refractivity contribution >= 4 is 5.95 Å². The van der Waals surface area contributed by atoms with Gasteiger partial charge in [-0.25, -0.2) is 4.98 Å². The normalized spacial score (nSPS) is 14.4. The van der Waals surface area contributed by atoms with Crippen LogP contribution < -0.4 is 10.5 Å². The molecule has 0 bridgehead atoms. The first-order valence-electron chi connectivity index (χ1n) is 6.34. The van der Waals surface area contributed by atoms with Gasteiger partial charge in [-0.15, -0.1) is 0 Å². The van der Waals surface area contributed by atoms with Crippen molar-refractivity contribution in [2.45, 2.75) is 25.7 Å². The van der Waals surface area contributed by atoms with E-state index in [4.69, 9.17) is 10.5 Å². The topological polar surface area (TPSA) is 73.9 Å². The highest BCUT2D eigenvalue weighted by molar-refractivity contribution is 5.65. The highest BCUT2D eigenvalue weighted by atomic mass is 16.5. The van der Waals surface area contributed by atoms with Gasteiger partial charge < -0.3 is 10.5 Å². The number of ether oxygens (including phenoxy) is 1. The second-order valence-electron chi connectivity index (χ2n) is 4.85. The van der Waals surface area contributed by atoms with Crippen molar-refractivity contribution in [3.8, 4) is 17.1 Å². The van der Waals surface area contributed by atoms with E-state index in [1.807, 2.05) is 25.1 Å². The Morgan fingerprint density at radius 2 is 2.00 bits per heavy atom. The highest BCUT2D eigenvalue weighted by Crippen LogP contribution is 2.39. The summed E-state index contributed by atoms with van der Waals surface area (Å²) in [6, 6.07) is 5.93. The summed E-state index contributed by atoms with van der Waals surface area (Å²) in [5.41, 5.74) is 7.76. The summed E-state index contributed by atoms with van der Waals surface area (Å²) in [5, 5.41) is 0. The summed E-state index contributed by atoms with van der Waals surface area (Å²) < 4.78 is 5.40. The number of rotatable bonds is 3. The smallest absolute Gasteiger partial charge is 0.223 e. The fraction of sp³-hybridized carbons (Fsp3) is 0.357. The molecule has 2 aromatic rings. The quantitative estimate of drug-likeness (QED) is 0.912. The Balaban J connectivity index is 2.10. The molecule has 0 aliphatic heterocycles. The van der Waals surface area contributed by atoms with E-state index in [9.17, 15) is 0 Å². The first kappa shape index (κ1) is 11.9. The number of benzene rings is 1. The van der Waals surface area contributed by atoms with E-state index >= 15 is 0 Å². The summed E-state index contributed by atoms with van der Waals surface area (Å²) in [4.78, 5) is 13.0. The van der Waals surface area contributed by atoms with E-state index in [2.05, 4.69) is 15.0 Å². The molecule has 5 nitrogen and oxygen atoms in total. The Hall–Kier alpha value is -2.17. The maximum Gasteiger partial charge on any atom is 0.223 e. The van der Waals surface area contributed by atoms with Gasteiger partial charge in [0.2, 0.25) is 5.95 Å². The van der Waals surface area contributed by atoms with Gasteiger partial charge in [0.15, 0.2) is 5.82 Å². The molecule has 1 heterocycles. The summed E-state index contributed by atoms with van der Waals surface area (Å²) >= 11 is 0. The second-order valence-corrected chi connectivity index (χ2v) is 4.85. The summed E-state index contributed by atoms with van der Waals surface area (Å²) in [7, 11) is 1.64. The molecular weight excluding hydrogens is 240 g/mol. The van der Waals surface area contributed by atoms with Crippen LogP contribution in [-0.2, 0) is 0 Å². The minimum atomic E-state index is 0.273. The number of anilines is 1. The average Bonchev–Trinajstić information content (AvgIpc) is 3.22. The van der Waals surface area contributed by atoms with Crippen LogP contribution in [0, 0.1) is 6.92 Å². The van der Waals surface area contributed by atoms with Crippen LogP contribution in [-0.4, -0.2) is 22.1 Å². The molecular formula is C14H16N4O. The van der Waals surface area contributed by atoms with Gasteiger partial charge in [-0.1, -0.05) is 6.07 Å². The van der Waals surface area contributed by atoms with E-state index in [0.717, 1.165) is 35.5 Å². The van der Waals surface area contributed by atoms with Crippen molar-refractivity contribution < 1.29 is 4.74 Å². The lowest BCUT2D eigenvalue weighted by Gasteiger charge is -2.09. The number of hydrogen-bond donors (Lipinski definition) is 1. The molecule has 0 amide bonds. The fourth-order valence-electron chi connectivity index (χ4n) is 2.04. The Morgan fingerprint density at radius 1 is 1.21 bits per heavy atom. The molecule has 1 saturated carbocycles. The van der Waals surface area contributed by atoms with Gasteiger partial charge in [0, 0.05) is 5.92 Å². The fourth-order valence-corrected chi connectivity index (χ4v) is 2.04.